The first-order valence-corrected chi connectivity index (χ1v) is 8.61. The fourth-order valence-electron chi connectivity index (χ4n) is 3.12. The van der Waals surface area contributed by atoms with E-state index in [2.05, 4.69) is 5.32 Å². The summed E-state index contributed by atoms with van der Waals surface area (Å²) in [5.41, 5.74) is -0.571. The van der Waals surface area contributed by atoms with Crippen LogP contribution in [0, 0.1) is 0 Å². The van der Waals surface area contributed by atoms with Crippen molar-refractivity contribution in [2.45, 2.75) is 32.0 Å². The van der Waals surface area contributed by atoms with Gasteiger partial charge in [-0.2, -0.15) is 13.2 Å². The van der Waals surface area contributed by atoms with E-state index in [1.165, 1.54) is 19.1 Å². The molecule has 3 amide bonds. The van der Waals surface area contributed by atoms with Gasteiger partial charge in [-0.05, 0) is 30.2 Å². The summed E-state index contributed by atoms with van der Waals surface area (Å²) in [4.78, 5) is 36.7. The Balaban J connectivity index is 1.88. The van der Waals surface area contributed by atoms with Crippen LogP contribution in [0.4, 0.5) is 18.9 Å². The number of hydrogen-bond acceptors (Lipinski definition) is 3. The summed E-state index contributed by atoms with van der Waals surface area (Å²) < 4.78 is 40.6. The topological polar surface area (TPSA) is 66.5 Å². The highest BCUT2D eigenvalue weighted by Crippen LogP contribution is 2.38. The van der Waals surface area contributed by atoms with Gasteiger partial charge in [0.2, 0.25) is 17.7 Å². The van der Waals surface area contributed by atoms with Crippen molar-refractivity contribution in [3.63, 3.8) is 0 Å². The second-order valence-electron chi connectivity index (χ2n) is 6.45. The molecule has 146 valence electrons. The molecule has 1 unspecified atom stereocenters. The van der Waals surface area contributed by atoms with E-state index in [1.54, 1.807) is 30.3 Å². The molecule has 0 saturated carbocycles. The summed E-state index contributed by atoms with van der Waals surface area (Å²) in [6, 6.07) is 10.5. The number of hydrogen-bond donors (Lipinski definition) is 1. The van der Waals surface area contributed by atoms with Gasteiger partial charge in [-0.1, -0.05) is 36.4 Å². The van der Waals surface area contributed by atoms with E-state index in [9.17, 15) is 27.6 Å². The number of halogens is 3. The largest absolute Gasteiger partial charge is 0.417 e. The summed E-state index contributed by atoms with van der Waals surface area (Å²) in [5, 5.41) is 2.37. The number of amides is 3. The van der Waals surface area contributed by atoms with Crippen molar-refractivity contribution in [2.24, 2.45) is 0 Å². The molecule has 0 aromatic heterocycles. The van der Waals surface area contributed by atoms with Gasteiger partial charge in [0.1, 0.15) is 6.04 Å². The van der Waals surface area contributed by atoms with Crippen molar-refractivity contribution < 1.29 is 27.6 Å². The van der Waals surface area contributed by atoms with E-state index in [-0.39, 0.29) is 24.1 Å². The standard InChI is InChI=1S/C20H17F3N2O3/c1-12(25-17(26)9-10-18(25)27)19(28)24-14-7-8-15(13-5-3-2-4-6-13)16(11-14)20(21,22)23/h2-8,11-12H,9-10H2,1H3,(H,24,28). The zero-order valence-electron chi connectivity index (χ0n) is 14.9. The van der Waals surface area contributed by atoms with Crippen LogP contribution in [0.3, 0.4) is 0 Å². The summed E-state index contributed by atoms with van der Waals surface area (Å²) in [6.45, 7) is 1.36. The Hall–Kier alpha value is -3.16. The van der Waals surface area contributed by atoms with Gasteiger partial charge < -0.3 is 5.32 Å². The molecule has 28 heavy (non-hydrogen) atoms. The van der Waals surface area contributed by atoms with Crippen molar-refractivity contribution >= 4 is 23.4 Å². The molecule has 3 rings (SSSR count). The minimum atomic E-state index is -4.63. The molecule has 1 fully saturated rings. The molecule has 5 nitrogen and oxygen atoms in total. The number of rotatable bonds is 4. The van der Waals surface area contributed by atoms with E-state index >= 15 is 0 Å². The number of imide groups is 1. The van der Waals surface area contributed by atoms with Crippen LogP contribution in [0.5, 0.6) is 0 Å². The lowest BCUT2D eigenvalue weighted by Gasteiger charge is -2.22. The van der Waals surface area contributed by atoms with Gasteiger partial charge in [-0.3, -0.25) is 19.3 Å². The maximum absolute atomic E-state index is 13.5. The Kier molecular flexibility index (Phi) is 5.22. The Morgan fingerprint density at radius 2 is 1.64 bits per heavy atom. The first-order valence-electron chi connectivity index (χ1n) is 8.61. The molecule has 2 aromatic carbocycles. The third kappa shape index (κ3) is 3.90. The molecule has 1 aliphatic rings. The Morgan fingerprint density at radius 1 is 1.04 bits per heavy atom. The van der Waals surface area contributed by atoms with E-state index in [0.717, 1.165) is 11.0 Å². The second-order valence-corrected chi connectivity index (χ2v) is 6.45. The Bertz CT molecular complexity index is 910. The molecule has 8 heteroatoms. The summed E-state index contributed by atoms with van der Waals surface area (Å²) in [5.74, 6) is -1.67. The number of carbonyl (C=O) groups excluding carboxylic acids is 3. The lowest BCUT2D eigenvalue weighted by Crippen LogP contribution is -2.45. The number of nitrogens with one attached hydrogen (secondary N) is 1. The number of anilines is 1. The SMILES string of the molecule is CC(C(=O)Nc1ccc(-c2ccccc2)c(C(F)(F)F)c1)N1C(=O)CCC1=O. The van der Waals surface area contributed by atoms with Crippen molar-refractivity contribution in [2.75, 3.05) is 5.32 Å². The smallest absolute Gasteiger partial charge is 0.324 e. The van der Waals surface area contributed by atoms with Crippen LogP contribution in [0.1, 0.15) is 25.3 Å². The summed E-state index contributed by atoms with van der Waals surface area (Å²) in [7, 11) is 0. The molecule has 1 saturated heterocycles. The first kappa shape index (κ1) is 19.6. The number of likely N-dealkylation sites (tertiary alicyclic amines) is 1. The fraction of sp³-hybridized carbons (Fsp3) is 0.250. The predicted octanol–water partition coefficient (Wildman–Crippen LogP) is 3.85. The highest BCUT2D eigenvalue weighted by Gasteiger charge is 2.37. The molecular formula is C20H17F3N2O3. The van der Waals surface area contributed by atoms with Crippen LogP contribution in [0.25, 0.3) is 11.1 Å². The maximum Gasteiger partial charge on any atom is 0.417 e. The normalized spacial score (nSPS) is 15.6. The van der Waals surface area contributed by atoms with E-state index in [4.69, 9.17) is 0 Å². The molecule has 2 aromatic rings. The monoisotopic (exact) mass is 390 g/mol. The maximum atomic E-state index is 13.5. The molecule has 1 atom stereocenters. The zero-order valence-corrected chi connectivity index (χ0v) is 14.9. The van der Waals surface area contributed by atoms with Crippen LogP contribution in [0.15, 0.2) is 48.5 Å². The fourth-order valence-corrected chi connectivity index (χ4v) is 3.12. The molecule has 0 spiro atoms. The lowest BCUT2D eigenvalue weighted by molar-refractivity contribution is -0.144. The van der Waals surface area contributed by atoms with Crippen LogP contribution in [0.2, 0.25) is 0 Å². The van der Waals surface area contributed by atoms with Gasteiger partial charge >= 0.3 is 6.18 Å². The zero-order chi connectivity index (χ0) is 20.5. The minimum Gasteiger partial charge on any atom is -0.324 e. The summed E-state index contributed by atoms with van der Waals surface area (Å²) in [6.07, 6.45) is -4.57. The van der Waals surface area contributed by atoms with E-state index < -0.39 is 35.5 Å². The number of carbonyl (C=O) groups is 3. The van der Waals surface area contributed by atoms with Gasteiger partial charge in [-0.25, -0.2) is 0 Å². The van der Waals surface area contributed by atoms with E-state index in [1.807, 2.05) is 0 Å². The van der Waals surface area contributed by atoms with Gasteiger partial charge in [0.25, 0.3) is 0 Å². The van der Waals surface area contributed by atoms with Crippen LogP contribution in [-0.4, -0.2) is 28.7 Å². The van der Waals surface area contributed by atoms with Crippen LogP contribution < -0.4 is 5.32 Å². The molecule has 0 aliphatic carbocycles. The molecule has 0 bridgehead atoms. The van der Waals surface area contributed by atoms with Gasteiger partial charge in [0, 0.05) is 18.5 Å². The number of nitrogens with zero attached hydrogens (tertiary/aromatic N) is 1. The van der Waals surface area contributed by atoms with Crippen molar-refractivity contribution in [3.8, 4) is 11.1 Å². The highest BCUT2D eigenvalue weighted by molar-refractivity contribution is 6.07. The second kappa shape index (κ2) is 7.46. The van der Waals surface area contributed by atoms with E-state index in [0.29, 0.717) is 5.56 Å². The summed E-state index contributed by atoms with van der Waals surface area (Å²) >= 11 is 0. The molecular weight excluding hydrogens is 373 g/mol. The van der Waals surface area contributed by atoms with Crippen molar-refractivity contribution in [1.82, 2.24) is 4.90 Å². The number of benzene rings is 2. The van der Waals surface area contributed by atoms with Gasteiger partial charge in [0.05, 0.1) is 5.56 Å². The lowest BCUT2D eigenvalue weighted by atomic mass is 9.98. The average molecular weight is 390 g/mol. The van der Waals surface area contributed by atoms with Crippen LogP contribution >= 0.6 is 0 Å². The Morgan fingerprint density at radius 3 is 2.21 bits per heavy atom. The van der Waals surface area contributed by atoms with Gasteiger partial charge in [0.15, 0.2) is 0 Å². The third-order valence-corrected chi connectivity index (χ3v) is 4.53. The van der Waals surface area contributed by atoms with Crippen molar-refractivity contribution in [3.05, 3.63) is 54.1 Å². The quantitative estimate of drug-likeness (QED) is 0.807. The minimum absolute atomic E-state index is 0.0101. The molecule has 1 heterocycles. The third-order valence-electron chi connectivity index (χ3n) is 4.53. The van der Waals surface area contributed by atoms with Gasteiger partial charge in [-0.15, -0.1) is 0 Å². The average Bonchev–Trinajstić information content (AvgIpc) is 2.99. The highest BCUT2D eigenvalue weighted by atomic mass is 19.4. The molecule has 0 radical (unpaired) electrons. The van der Waals surface area contributed by atoms with Crippen molar-refractivity contribution in [1.29, 1.82) is 0 Å². The number of alkyl halides is 3. The van der Waals surface area contributed by atoms with Crippen LogP contribution in [-0.2, 0) is 20.6 Å². The first-order chi connectivity index (χ1) is 13.2. The molecule has 1 aliphatic heterocycles. The predicted molar refractivity (Wildman–Crippen MR) is 96.1 cm³/mol. The Labute approximate surface area is 159 Å². The molecule has 1 N–H and O–H groups in total.